The van der Waals surface area contributed by atoms with Crippen molar-refractivity contribution in [2.24, 2.45) is 0 Å². The molecule has 0 fully saturated rings. The third kappa shape index (κ3) is 2.69. The van der Waals surface area contributed by atoms with Crippen LogP contribution < -0.4 is 4.90 Å². The molecule has 0 aliphatic heterocycles. The largest absolute Gasteiger partial charge is 0.370 e. The maximum Gasteiger partial charge on any atom is 0.163 e. The molecule has 80 valence electrons. The zero-order valence-electron chi connectivity index (χ0n) is 9.57. The molecule has 1 aromatic heterocycles. The topological polar surface area (TPSA) is 39.9 Å². The third-order valence-corrected chi connectivity index (χ3v) is 2.64. The monoisotopic (exact) mass is 203 g/mol. The van der Waals surface area contributed by atoms with Crippen LogP contribution in [0.2, 0.25) is 0 Å². The van der Waals surface area contributed by atoms with Gasteiger partial charge in [-0.15, -0.1) is 0 Å². The molecule has 15 heavy (non-hydrogen) atoms. The average molecular weight is 203 g/mol. The molecule has 0 N–H and O–H groups in total. The Morgan fingerprint density at radius 2 is 2.33 bits per heavy atom. The van der Waals surface area contributed by atoms with Crippen LogP contribution in [-0.2, 0) is 0 Å². The van der Waals surface area contributed by atoms with Crippen molar-refractivity contribution in [2.75, 3.05) is 11.9 Å². The highest BCUT2D eigenvalue weighted by Gasteiger charge is 2.12. The summed E-state index contributed by atoms with van der Waals surface area (Å²) < 4.78 is 0. The fraction of sp³-hybridized carbons (Fsp3) is 0.500. The first-order valence-corrected chi connectivity index (χ1v) is 5.28. The lowest BCUT2D eigenvalue weighted by molar-refractivity contribution is 0.615. The molecule has 0 amide bonds. The summed E-state index contributed by atoms with van der Waals surface area (Å²) in [6.07, 6.45) is 3.92. The van der Waals surface area contributed by atoms with Crippen LogP contribution >= 0.6 is 0 Å². The molecule has 1 atom stereocenters. The number of nitrogens with zero attached hydrogens (tertiary/aromatic N) is 3. The van der Waals surface area contributed by atoms with E-state index in [0.29, 0.717) is 11.7 Å². The Balaban J connectivity index is 2.91. The van der Waals surface area contributed by atoms with Crippen molar-refractivity contribution in [1.82, 2.24) is 4.98 Å². The second kappa shape index (κ2) is 5.35. The van der Waals surface area contributed by atoms with Crippen LogP contribution in [0.3, 0.4) is 0 Å². The second-order valence-corrected chi connectivity index (χ2v) is 3.73. The summed E-state index contributed by atoms with van der Waals surface area (Å²) in [5, 5.41) is 8.94. The van der Waals surface area contributed by atoms with Gasteiger partial charge < -0.3 is 4.90 Å². The molecule has 3 nitrogen and oxygen atoms in total. The predicted molar refractivity (Wildman–Crippen MR) is 61.7 cm³/mol. The summed E-state index contributed by atoms with van der Waals surface area (Å²) in [5.74, 6) is 0. The maximum absolute atomic E-state index is 8.94. The highest BCUT2D eigenvalue weighted by Crippen LogP contribution is 2.19. The van der Waals surface area contributed by atoms with Gasteiger partial charge in [-0.2, -0.15) is 5.26 Å². The van der Waals surface area contributed by atoms with Crippen molar-refractivity contribution in [3.8, 4) is 6.07 Å². The summed E-state index contributed by atoms with van der Waals surface area (Å²) in [7, 11) is 2.01. The molecule has 1 unspecified atom stereocenters. The molecule has 1 rings (SSSR count). The number of hydrogen-bond acceptors (Lipinski definition) is 3. The van der Waals surface area contributed by atoms with E-state index in [4.69, 9.17) is 5.26 Å². The molecule has 0 radical (unpaired) electrons. The molecule has 3 heteroatoms. The van der Waals surface area contributed by atoms with E-state index in [1.54, 1.807) is 6.20 Å². The Bertz CT molecular complexity index is 354. The van der Waals surface area contributed by atoms with E-state index in [-0.39, 0.29) is 0 Å². The third-order valence-electron chi connectivity index (χ3n) is 2.64. The van der Waals surface area contributed by atoms with Crippen molar-refractivity contribution < 1.29 is 0 Å². The van der Waals surface area contributed by atoms with Crippen molar-refractivity contribution in [3.63, 3.8) is 0 Å². The molecule has 0 spiro atoms. The molecule has 1 aromatic rings. The zero-order valence-corrected chi connectivity index (χ0v) is 9.57. The van der Waals surface area contributed by atoms with Crippen LogP contribution in [0.15, 0.2) is 18.3 Å². The van der Waals surface area contributed by atoms with E-state index < -0.39 is 0 Å². The quantitative estimate of drug-likeness (QED) is 0.755. The second-order valence-electron chi connectivity index (χ2n) is 3.73. The first-order valence-electron chi connectivity index (χ1n) is 5.28. The highest BCUT2D eigenvalue weighted by molar-refractivity contribution is 5.55. The molecule has 0 aliphatic carbocycles. The van der Waals surface area contributed by atoms with Gasteiger partial charge in [0.2, 0.25) is 0 Å². The smallest absolute Gasteiger partial charge is 0.163 e. The zero-order chi connectivity index (χ0) is 11.3. The van der Waals surface area contributed by atoms with Gasteiger partial charge in [0.15, 0.2) is 5.69 Å². The van der Waals surface area contributed by atoms with Gasteiger partial charge in [-0.05, 0) is 25.5 Å². The number of hydrogen-bond donors (Lipinski definition) is 0. The van der Waals surface area contributed by atoms with E-state index in [2.05, 4.69) is 29.8 Å². The normalized spacial score (nSPS) is 11.9. The SMILES string of the molecule is CCCC(C)N(C)c1cccnc1C#N. The Kier molecular flexibility index (Phi) is 4.11. The number of anilines is 1. The van der Waals surface area contributed by atoms with Crippen molar-refractivity contribution in [2.45, 2.75) is 32.7 Å². The van der Waals surface area contributed by atoms with Gasteiger partial charge in [0.05, 0.1) is 5.69 Å². The van der Waals surface area contributed by atoms with Crippen LogP contribution in [0, 0.1) is 11.3 Å². The fourth-order valence-electron chi connectivity index (χ4n) is 1.62. The van der Waals surface area contributed by atoms with Crippen LogP contribution in [-0.4, -0.2) is 18.1 Å². The molecule has 0 saturated heterocycles. The lowest BCUT2D eigenvalue weighted by Crippen LogP contribution is -2.29. The molecular formula is C12H17N3. The van der Waals surface area contributed by atoms with Gasteiger partial charge in [0.25, 0.3) is 0 Å². The standard InChI is InChI=1S/C12H17N3/c1-4-6-10(2)15(3)12-7-5-8-14-11(12)9-13/h5,7-8,10H,4,6H2,1-3H3. The van der Waals surface area contributed by atoms with E-state index in [1.165, 1.54) is 0 Å². The molecule has 1 heterocycles. The first kappa shape index (κ1) is 11.5. The van der Waals surface area contributed by atoms with Crippen molar-refractivity contribution >= 4 is 5.69 Å². The van der Waals surface area contributed by atoms with E-state index >= 15 is 0 Å². The van der Waals surface area contributed by atoms with E-state index in [9.17, 15) is 0 Å². The molecular weight excluding hydrogens is 186 g/mol. The number of nitriles is 1. The Morgan fingerprint density at radius 3 is 2.93 bits per heavy atom. The minimum absolute atomic E-state index is 0.436. The van der Waals surface area contributed by atoms with Gasteiger partial charge in [-0.25, -0.2) is 4.98 Å². The summed E-state index contributed by atoms with van der Waals surface area (Å²) in [5.41, 5.74) is 1.42. The van der Waals surface area contributed by atoms with Gasteiger partial charge >= 0.3 is 0 Å². The van der Waals surface area contributed by atoms with Crippen molar-refractivity contribution in [3.05, 3.63) is 24.0 Å². The van der Waals surface area contributed by atoms with Crippen LogP contribution in [0.25, 0.3) is 0 Å². The summed E-state index contributed by atoms with van der Waals surface area (Å²) >= 11 is 0. The number of rotatable bonds is 4. The minimum atomic E-state index is 0.436. The lowest BCUT2D eigenvalue weighted by Gasteiger charge is -2.26. The summed E-state index contributed by atoms with van der Waals surface area (Å²) in [4.78, 5) is 6.18. The van der Waals surface area contributed by atoms with Gasteiger partial charge in [0, 0.05) is 19.3 Å². The summed E-state index contributed by atoms with van der Waals surface area (Å²) in [6.45, 7) is 4.33. The van der Waals surface area contributed by atoms with Crippen LogP contribution in [0.1, 0.15) is 32.4 Å². The van der Waals surface area contributed by atoms with Gasteiger partial charge in [-0.1, -0.05) is 13.3 Å². The average Bonchev–Trinajstić information content (AvgIpc) is 2.28. The highest BCUT2D eigenvalue weighted by atomic mass is 15.1. The number of pyridine rings is 1. The molecule has 0 bridgehead atoms. The molecule has 0 aromatic carbocycles. The van der Waals surface area contributed by atoms with Crippen LogP contribution in [0.4, 0.5) is 5.69 Å². The van der Waals surface area contributed by atoms with Crippen molar-refractivity contribution in [1.29, 1.82) is 5.26 Å². The Labute approximate surface area is 91.4 Å². The first-order chi connectivity index (χ1) is 7.20. The molecule has 0 aliphatic rings. The Morgan fingerprint density at radius 1 is 1.60 bits per heavy atom. The predicted octanol–water partition coefficient (Wildman–Crippen LogP) is 2.58. The van der Waals surface area contributed by atoms with E-state index in [1.807, 2.05) is 19.2 Å². The van der Waals surface area contributed by atoms with Gasteiger partial charge in [-0.3, -0.25) is 0 Å². The maximum atomic E-state index is 8.94. The van der Waals surface area contributed by atoms with Gasteiger partial charge in [0.1, 0.15) is 6.07 Å². The van der Waals surface area contributed by atoms with E-state index in [0.717, 1.165) is 18.5 Å². The summed E-state index contributed by atoms with van der Waals surface area (Å²) in [6, 6.07) is 6.37. The minimum Gasteiger partial charge on any atom is -0.370 e. The fourth-order valence-corrected chi connectivity index (χ4v) is 1.62. The number of aromatic nitrogens is 1. The Hall–Kier alpha value is -1.56. The lowest BCUT2D eigenvalue weighted by atomic mass is 10.1. The molecule has 0 saturated carbocycles. The van der Waals surface area contributed by atoms with Crippen LogP contribution in [0.5, 0.6) is 0 Å².